The van der Waals surface area contributed by atoms with E-state index in [2.05, 4.69) is 9.80 Å². The zero-order chi connectivity index (χ0) is 15.2. The van der Waals surface area contributed by atoms with Crippen molar-refractivity contribution >= 4 is 5.91 Å². The summed E-state index contributed by atoms with van der Waals surface area (Å²) in [5.41, 5.74) is 0. The van der Waals surface area contributed by atoms with E-state index < -0.39 is 0 Å². The standard InChI is InChI=1S/C16H31N3O2/c1-3-15(20)13-17-9-11-18(12-10-17)14(2)16(21)19-7-5-4-6-8-19/h14-15,20H,3-13H2,1-2H3. The summed E-state index contributed by atoms with van der Waals surface area (Å²) >= 11 is 0. The first-order chi connectivity index (χ1) is 10.1. The Morgan fingerprint density at radius 1 is 1.05 bits per heavy atom. The lowest BCUT2D eigenvalue weighted by Gasteiger charge is -2.40. The fourth-order valence-electron chi connectivity index (χ4n) is 3.30. The number of aliphatic hydroxyl groups is 1. The second-order valence-electron chi connectivity index (χ2n) is 6.46. The second-order valence-corrected chi connectivity index (χ2v) is 6.46. The van der Waals surface area contributed by atoms with Gasteiger partial charge in [-0.25, -0.2) is 0 Å². The molecule has 2 atom stereocenters. The Morgan fingerprint density at radius 3 is 2.24 bits per heavy atom. The smallest absolute Gasteiger partial charge is 0.239 e. The molecular weight excluding hydrogens is 266 g/mol. The maximum Gasteiger partial charge on any atom is 0.239 e. The molecule has 2 aliphatic rings. The molecule has 0 spiro atoms. The average Bonchev–Trinajstić information content (AvgIpc) is 2.55. The van der Waals surface area contributed by atoms with Crippen molar-refractivity contribution in [1.82, 2.24) is 14.7 Å². The van der Waals surface area contributed by atoms with E-state index in [0.29, 0.717) is 5.91 Å². The number of piperidine rings is 1. The number of carbonyl (C=O) groups is 1. The summed E-state index contributed by atoms with van der Waals surface area (Å²) in [5.74, 6) is 0.303. The van der Waals surface area contributed by atoms with Crippen molar-refractivity contribution in [3.8, 4) is 0 Å². The molecular formula is C16H31N3O2. The first kappa shape index (κ1) is 16.7. The van der Waals surface area contributed by atoms with Crippen LogP contribution in [0.1, 0.15) is 39.5 Å². The molecule has 21 heavy (non-hydrogen) atoms. The monoisotopic (exact) mass is 297 g/mol. The third-order valence-corrected chi connectivity index (χ3v) is 4.92. The molecule has 2 rings (SSSR count). The molecule has 0 saturated carbocycles. The van der Waals surface area contributed by atoms with E-state index in [-0.39, 0.29) is 12.1 Å². The summed E-state index contributed by atoms with van der Waals surface area (Å²) in [7, 11) is 0. The van der Waals surface area contributed by atoms with Crippen LogP contribution < -0.4 is 0 Å². The maximum atomic E-state index is 12.5. The van der Waals surface area contributed by atoms with Gasteiger partial charge in [-0.2, -0.15) is 0 Å². The maximum absolute atomic E-state index is 12.5. The molecule has 0 radical (unpaired) electrons. The van der Waals surface area contributed by atoms with Crippen molar-refractivity contribution in [3.63, 3.8) is 0 Å². The van der Waals surface area contributed by atoms with Crippen LogP contribution in [0.15, 0.2) is 0 Å². The van der Waals surface area contributed by atoms with E-state index in [0.717, 1.165) is 65.1 Å². The van der Waals surface area contributed by atoms with Gasteiger partial charge in [0.05, 0.1) is 12.1 Å². The van der Waals surface area contributed by atoms with E-state index >= 15 is 0 Å². The largest absolute Gasteiger partial charge is 0.392 e. The Labute approximate surface area is 128 Å². The van der Waals surface area contributed by atoms with Gasteiger partial charge in [-0.05, 0) is 32.6 Å². The quantitative estimate of drug-likeness (QED) is 0.814. The number of likely N-dealkylation sites (tertiary alicyclic amines) is 1. The average molecular weight is 297 g/mol. The molecule has 2 heterocycles. The van der Waals surface area contributed by atoms with Crippen LogP contribution in [0.3, 0.4) is 0 Å². The molecule has 0 aromatic rings. The molecule has 0 aliphatic carbocycles. The van der Waals surface area contributed by atoms with Crippen LogP contribution in [0.4, 0.5) is 0 Å². The van der Waals surface area contributed by atoms with Gasteiger partial charge >= 0.3 is 0 Å². The fourth-order valence-corrected chi connectivity index (χ4v) is 3.30. The summed E-state index contributed by atoms with van der Waals surface area (Å²) in [5, 5.41) is 9.73. The molecule has 122 valence electrons. The number of β-amino-alcohol motifs (C(OH)–C–C–N with tert-alkyl or cyclic N) is 1. The van der Waals surface area contributed by atoms with E-state index in [1.807, 2.05) is 18.7 Å². The molecule has 0 aromatic heterocycles. The zero-order valence-electron chi connectivity index (χ0n) is 13.6. The molecule has 2 unspecified atom stereocenters. The number of amides is 1. The van der Waals surface area contributed by atoms with Gasteiger partial charge in [0.15, 0.2) is 0 Å². The molecule has 2 aliphatic heterocycles. The lowest BCUT2D eigenvalue weighted by Crippen LogP contribution is -2.55. The predicted octanol–water partition coefficient (Wildman–Crippen LogP) is 0.776. The van der Waals surface area contributed by atoms with Crippen LogP contribution >= 0.6 is 0 Å². The van der Waals surface area contributed by atoms with Gasteiger partial charge in [-0.1, -0.05) is 6.92 Å². The van der Waals surface area contributed by atoms with Gasteiger partial charge < -0.3 is 10.0 Å². The van der Waals surface area contributed by atoms with Crippen molar-refractivity contribution in [3.05, 3.63) is 0 Å². The van der Waals surface area contributed by atoms with E-state index in [1.165, 1.54) is 6.42 Å². The molecule has 1 N–H and O–H groups in total. The van der Waals surface area contributed by atoms with E-state index in [1.54, 1.807) is 0 Å². The number of piperazine rings is 1. The second kappa shape index (κ2) is 8.11. The molecule has 5 nitrogen and oxygen atoms in total. The van der Waals surface area contributed by atoms with Crippen molar-refractivity contribution < 1.29 is 9.90 Å². The van der Waals surface area contributed by atoms with E-state index in [9.17, 15) is 9.90 Å². The topological polar surface area (TPSA) is 47.0 Å². The van der Waals surface area contributed by atoms with Gasteiger partial charge in [0.1, 0.15) is 0 Å². The molecule has 2 saturated heterocycles. The highest BCUT2D eigenvalue weighted by atomic mass is 16.3. The minimum atomic E-state index is -0.219. The molecule has 0 bridgehead atoms. The van der Waals surface area contributed by atoms with Crippen LogP contribution in [-0.2, 0) is 4.79 Å². The third kappa shape index (κ3) is 4.66. The summed E-state index contributed by atoms with van der Waals surface area (Å²) in [6.45, 7) is 10.5. The zero-order valence-corrected chi connectivity index (χ0v) is 13.6. The number of aliphatic hydroxyl groups excluding tert-OH is 1. The third-order valence-electron chi connectivity index (χ3n) is 4.92. The number of carbonyl (C=O) groups excluding carboxylic acids is 1. The minimum Gasteiger partial charge on any atom is -0.392 e. The van der Waals surface area contributed by atoms with Gasteiger partial charge in [0, 0.05) is 45.8 Å². The predicted molar refractivity (Wildman–Crippen MR) is 84.2 cm³/mol. The van der Waals surface area contributed by atoms with E-state index in [4.69, 9.17) is 0 Å². The van der Waals surface area contributed by atoms with Gasteiger partial charge in [-0.3, -0.25) is 14.6 Å². The number of rotatable bonds is 5. The highest BCUT2D eigenvalue weighted by molar-refractivity contribution is 5.81. The SMILES string of the molecule is CCC(O)CN1CCN(C(C)C(=O)N2CCCCC2)CC1. The number of hydrogen-bond donors (Lipinski definition) is 1. The van der Waals surface area contributed by atoms with Crippen LogP contribution in [-0.4, -0.2) is 83.7 Å². The molecule has 0 aromatic carbocycles. The highest BCUT2D eigenvalue weighted by Gasteiger charge is 2.29. The van der Waals surface area contributed by atoms with Crippen molar-refractivity contribution in [2.75, 3.05) is 45.8 Å². The van der Waals surface area contributed by atoms with Crippen molar-refractivity contribution in [1.29, 1.82) is 0 Å². The normalized spacial score (nSPS) is 24.8. The minimum absolute atomic E-state index is 0.00125. The Bertz CT molecular complexity index is 323. The molecule has 5 heteroatoms. The number of hydrogen-bond acceptors (Lipinski definition) is 4. The van der Waals surface area contributed by atoms with Crippen LogP contribution in [0.5, 0.6) is 0 Å². The Balaban J connectivity index is 1.76. The Hall–Kier alpha value is -0.650. The van der Waals surface area contributed by atoms with Gasteiger partial charge in [-0.15, -0.1) is 0 Å². The molecule has 1 amide bonds. The van der Waals surface area contributed by atoms with Gasteiger partial charge in [0.25, 0.3) is 0 Å². The summed E-state index contributed by atoms with van der Waals surface area (Å²) in [4.78, 5) is 19.2. The first-order valence-corrected chi connectivity index (χ1v) is 8.55. The lowest BCUT2D eigenvalue weighted by atomic mass is 10.1. The highest BCUT2D eigenvalue weighted by Crippen LogP contribution is 2.14. The van der Waals surface area contributed by atoms with Crippen molar-refractivity contribution in [2.24, 2.45) is 0 Å². The first-order valence-electron chi connectivity index (χ1n) is 8.55. The summed E-state index contributed by atoms with van der Waals surface area (Å²) in [6, 6.07) is 0.00125. The van der Waals surface area contributed by atoms with Crippen LogP contribution in [0.25, 0.3) is 0 Å². The number of nitrogens with zero attached hydrogens (tertiary/aromatic N) is 3. The summed E-state index contributed by atoms with van der Waals surface area (Å²) in [6.07, 6.45) is 4.16. The van der Waals surface area contributed by atoms with Crippen molar-refractivity contribution in [2.45, 2.75) is 51.7 Å². The molecule has 2 fully saturated rings. The van der Waals surface area contributed by atoms with Gasteiger partial charge in [0.2, 0.25) is 5.91 Å². The fraction of sp³-hybridized carbons (Fsp3) is 0.938. The Morgan fingerprint density at radius 2 is 1.67 bits per heavy atom. The van der Waals surface area contributed by atoms with Crippen LogP contribution in [0.2, 0.25) is 0 Å². The van der Waals surface area contributed by atoms with Crippen LogP contribution in [0, 0.1) is 0 Å². The lowest BCUT2D eigenvalue weighted by molar-refractivity contribution is -0.138. The Kier molecular flexibility index (Phi) is 6.45. The summed E-state index contributed by atoms with van der Waals surface area (Å²) < 4.78 is 0.